The molecule has 2 aromatic rings. The topological polar surface area (TPSA) is 109 Å². The molecule has 0 saturated carbocycles. The number of nitrogens with zero attached hydrogens (tertiary/aromatic N) is 4. The summed E-state index contributed by atoms with van der Waals surface area (Å²) in [7, 11) is -3.69. The van der Waals surface area contributed by atoms with Crippen molar-refractivity contribution in [2.24, 2.45) is 0 Å². The first kappa shape index (κ1) is 17.0. The predicted octanol–water partition coefficient (Wildman–Crippen LogP) is 2.06. The second-order valence-electron chi connectivity index (χ2n) is 5.12. The first-order valence-corrected chi connectivity index (χ1v) is 8.39. The Morgan fingerprint density at radius 3 is 2.43 bits per heavy atom. The maximum absolute atomic E-state index is 13.2. The highest BCUT2D eigenvalue weighted by molar-refractivity contribution is 7.90. The molecule has 0 atom stereocenters. The van der Waals surface area contributed by atoms with Crippen molar-refractivity contribution in [3.63, 3.8) is 0 Å². The van der Waals surface area contributed by atoms with Gasteiger partial charge in [-0.25, -0.2) is 32.2 Å². The van der Waals surface area contributed by atoms with E-state index in [9.17, 15) is 17.2 Å². The minimum atomic E-state index is -3.69. The first-order valence-electron chi connectivity index (χ1n) is 6.50. The van der Waals surface area contributed by atoms with Crippen molar-refractivity contribution in [3.05, 3.63) is 17.5 Å². The van der Waals surface area contributed by atoms with Gasteiger partial charge in [0.05, 0.1) is 5.56 Å². The molecule has 2 aromatic heterocycles. The third-order valence-corrected chi connectivity index (χ3v) is 3.68. The molecular weight excluding hydrogens is 328 g/mol. The van der Waals surface area contributed by atoms with E-state index in [0.717, 1.165) is 12.5 Å². The molecule has 2 rings (SSSR count). The van der Waals surface area contributed by atoms with Gasteiger partial charge in [0.25, 0.3) is 6.43 Å². The Morgan fingerprint density at radius 1 is 1.30 bits per heavy atom. The maximum Gasteiger partial charge on any atom is 0.281 e. The second kappa shape index (κ2) is 6.00. The number of pyridine rings is 1. The fourth-order valence-electron chi connectivity index (χ4n) is 1.92. The van der Waals surface area contributed by atoms with Crippen molar-refractivity contribution in [1.29, 1.82) is 5.26 Å². The Balaban J connectivity index is 2.91. The van der Waals surface area contributed by atoms with Crippen molar-refractivity contribution in [2.75, 3.05) is 11.6 Å². The van der Waals surface area contributed by atoms with Crippen LogP contribution in [0.2, 0.25) is 0 Å². The van der Waals surface area contributed by atoms with Crippen LogP contribution in [0.15, 0.2) is 11.4 Å². The van der Waals surface area contributed by atoms with Crippen LogP contribution in [0, 0.1) is 11.3 Å². The Hall–Kier alpha value is -2.41. The van der Waals surface area contributed by atoms with Crippen LogP contribution in [-0.4, -0.2) is 35.7 Å². The lowest BCUT2D eigenvalue weighted by Gasteiger charge is -2.14. The molecule has 0 aromatic carbocycles. The van der Waals surface area contributed by atoms with Crippen LogP contribution in [0.25, 0.3) is 10.9 Å². The van der Waals surface area contributed by atoms with Gasteiger partial charge in [-0.1, -0.05) is 0 Å². The average molecular weight is 341 g/mol. The summed E-state index contributed by atoms with van der Waals surface area (Å²) in [5, 5.41) is 11.5. The molecule has 1 N–H and O–H groups in total. The highest BCUT2D eigenvalue weighted by atomic mass is 32.2. The zero-order valence-corrected chi connectivity index (χ0v) is 13.3. The summed E-state index contributed by atoms with van der Waals surface area (Å²) in [6.45, 7) is 3.51. The number of nitrogens with one attached hydrogen (secondary N) is 1. The second-order valence-corrected chi connectivity index (χ2v) is 7.03. The van der Waals surface area contributed by atoms with E-state index in [1.54, 1.807) is 19.9 Å². The number of fused-ring (bicyclic) bond motifs is 1. The van der Waals surface area contributed by atoms with E-state index in [0.29, 0.717) is 0 Å². The van der Waals surface area contributed by atoms with Gasteiger partial charge in [-0.3, -0.25) is 0 Å². The van der Waals surface area contributed by atoms with Crippen LogP contribution in [-0.2, 0) is 9.84 Å². The molecule has 7 nitrogen and oxygen atoms in total. The van der Waals surface area contributed by atoms with Crippen molar-refractivity contribution in [2.45, 2.75) is 31.5 Å². The summed E-state index contributed by atoms with van der Waals surface area (Å²) in [4.78, 5) is 11.3. The summed E-state index contributed by atoms with van der Waals surface area (Å²) in [6.07, 6.45) is -0.983. The summed E-state index contributed by atoms with van der Waals surface area (Å²) in [5.41, 5.74) is -1.06. The standard InChI is InChI=1S/C13H13F2N5O2S/c1-6(2)18-12-10-8(5-17-13(20-10)23(3,21)22)7(4-16)9(19-12)11(14)15/h5-6,11H,1-3H3,(H,18,19). The monoisotopic (exact) mass is 341 g/mol. The molecular formula is C13H13F2N5O2S. The molecule has 0 aliphatic rings. The van der Waals surface area contributed by atoms with Gasteiger partial charge in [0.1, 0.15) is 17.3 Å². The molecule has 0 amide bonds. The molecule has 0 aliphatic heterocycles. The lowest BCUT2D eigenvalue weighted by Crippen LogP contribution is -2.15. The number of hydrogen-bond acceptors (Lipinski definition) is 7. The number of sulfone groups is 1. The molecule has 2 heterocycles. The number of aromatic nitrogens is 3. The fourth-order valence-corrected chi connectivity index (χ4v) is 2.43. The summed E-state index contributed by atoms with van der Waals surface area (Å²) in [6, 6.07) is 1.49. The van der Waals surface area contributed by atoms with E-state index in [1.165, 1.54) is 0 Å². The maximum atomic E-state index is 13.2. The van der Waals surface area contributed by atoms with E-state index < -0.39 is 27.1 Å². The molecule has 0 bridgehead atoms. The highest BCUT2D eigenvalue weighted by Crippen LogP contribution is 2.31. The molecule has 122 valence electrons. The predicted molar refractivity (Wildman–Crippen MR) is 78.9 cm³/mol. The molecule has 0 saturated heterocycles. The van der Waals surface area contributed by atoms with Gasteiger partial charge in [0.15, 0.2) is 5.82 Å². The Bertz CT molecular complexity index is 907. The number of hydrogen-bond donors (Lipinski definition) is 1. The van der Waals surface area contributed by atoms with E-state index >= 15 is 0 Å². The molecule has 0 fully saturated rings. The van der Waals surface area contributed by atoms with Crippen LogP contribution in [0.4, 0.5) is 14.6 Å². The number of alkyl halides is 2. The van der Waals surface area contributed by atoms with Crippen LogP contribution in [0.5, 0.6) is 0 Å². The Labute approximate surface area is 131 Å². The van der Waals surface area contributed by atoms with E-state index in [-0.39, 0.29) is 28.3 Å². The van der Waals surface area contributed by atoms with Crippen molar-refractivity contribution in [3.8, 4) is 6.07 Å². The third-order valence-electron chi connectivity index (χ3n) is 2.82. The minimum absolute atomic E-state index is 0.00933. The van der Waals surface area contributed by atoms with Gasteiger partial charge in [-0.15, -0.1) is 0 Å². The van der Waals surface area contributed by atoms with E-state index in [1.807, 2.05) is 0 Å². The van der Waals surface area contributed by atoms with Gasteiger partial charge < -0.3 is 5.32 Å². The van der Waals surface area contributed by atoms with Gasteiger partial charge in [-0.2, -0.15) is 5.26 Å². The van der Waals surface area contributed by atoms with Gasteiger partial charge in [-0.05, 0) is 13.8 Å². The van der Waals surface area contributed by atoms with Crippen LogP contribution in [0.1, 0.15) is 31.5 Å². The van der Waals surface area contributed by atoms with Crippen molar-refractivity contribution >= 4 is 26.6 Å². The smallest absolute Gasteiger partial charge is 0.281 e. The lowest BCUT2D eigenvalue weighted by molar-refractivity contribution is 0.146. The third kappa shape index (κ3) is 3.34. The quantitative estimate of drug-likeness (QED) is 0.848. The van der Waals surface area contributed by atoms with Crippen molar-refractivity contribution in [1.82, 2.24) is 15.0 Å². The summed E-state index contributed by atoms with van der Waals surface area (Å²) in [5.74, 6) is -0.0170. The summed E-state index contributed by atoms with van der Waals surface area (Å²) < 4.78 is 49.5. The number of halogens is 2. The van der Waals surface area contributed by atoms with Gasteiger partial charge >= 0.3 is 0 Å². The Kier molecular flexibility index (Phi) is 4.42. The zero-order valence-electron chi connectivity index (χ0n) is 12.5. The van der Waals surface area contributed by atoms with E-state index in [4.69, 9.17) is 5.26 Å². The van der Waals surface area contributed by atoms with Crippen LogP contribution >= 0.6 is 0 Å². The molecule has 0 aliphatic carbocycles. The first-order chi connectivity index (χ1) is 10.6. The summed E-state index contributed by atoms with van der Waals surface area (Å²) >= 11 is 0. The molecule has 10 heteroatoms. The highest BCUT2D eigenvalue weighted by Gasteiger charge is 2.23. The van der Waals surface area contributed by atoms with Crippen molar-refractivity contribution < 1.29 is 17.2 Å². The lowest BCUT2D eigenvalue weighted by atomic mass is 10.1. The molecule has 23 heavy (non-hydrogen) atoms. The normalized spacial score (nSPS) is 11.9. The average Bonchev–Trinajstić information content (AvgIpc) is 2.44. The zero-order chi connectivity index (χ0) is 17.4. The van der Waals surface area contributed by atoms with Gasteiger partial charge in [0.2, 0.25) is 15.0 Å². The SMILES string of the molecule is CC(C)Nc1nc(C(F)F)c(C#N)c2cnc(S(C)(=O)=O)nc12. The van der Waals surface area contributed by atoms with Crippen LogP contribution in [0.3, 0.4) is 0 Å². The van der Waals surface area contributed by atoms with Crippen LogP contribution < -0.4 is 5.32 Å². The van der Waals surface area contributed by atoms with Gasteiger partial charge in [0, 0.05) is 23.9 Å². The molecule has 0 radical (unpaired) electrons. The number of rotatable bonds is 4. The van der Waals surface area contributed by atoms with E-state index in [2.05, 4.69) is 20.3 Å². The molecule has 0 unspecified atom stereocenters. The number of anilines is 1. The number of nitriles is 1. The fraction of sp³-hybridized carbons (Fsp3) is 0.385. The largest absolute Gasteiger partial charge is 0.366 e. The minimum Gasteiger partial charge on any atom is -0.366 e. The molecule has 0 spiro atoms. The Morgan fingerprint density at radius 2 is 1.96 bits per heavy atom.